The van der Waals surface area contributed by atoms with Crippen LogP contribution in [0.4, 0.5) is 5.95 Å². The largest absolute Gasteiger partial charge is 0.481 e. The number of anilines is 1. The zero-order valence-electron chi connectivity index (χ0n) is 12.5. The van der Waals surface area contributed by atoms with Crippen LogP contribution in [0.25, 0.3) is 0 Å². The van der Waals surface area contributed by atoms with Crippen LogP contribution in [0.2, 0.25) is 0 Å². The number of aromatic nitrogens is 4. The number of carbonyl (C=O) groups is 1. The standard InChI is InChI=1S/C12H16N6O4S/c1-8-7-10(22-2)18-11(16-8)17-9(19)3-4-15-23(20,21)12-13-5-6-14-12/h5-7,15H,3-4H2,1-2H3,(H,13,14)(H,16,17,18,19). The molecule has 0 aliphatic carbocycles. The number of nitrogens with one attached hydrogen (secondary N) is 3. The van der Waals surface area contributed by atoms with Gasteiger partial charge in [-0.1, -0.05) is 0 Å². The predicted octanol–water partition coefficient (Wildman–Crippen LogP) is -0.176. The van der Waals surface area contributed by atoms with Crippen LogP contribution in [-0.2, 0) is 14.8 Å². The summed E-state index contributed by atoms with van der Waals surface area (Å²) in [6.45, 7) is 1.65. The highest BCUT2D eigenvalue weighted by atomic mass is 32.2. The lowest BCUT2D eigenvalue weighted by molar-refractivity contribution is -0.116. The van der Waals surface area contributed by atoms with Gasteiger partial charge in [0, 0.05) is 37.1 Å². The maximum atomic E-state index is 11.8. The monoisotopic (exact) mass is 340 g/mol. The summed E-state index contributed by atoms with van der Waals surface area (Å²) in [6, 6.07) is 1.62. The highest BCUT2D eigenvalue weighted by Gasteiger charge is 2.16. The van der Waals surface area contributed by atoms with Crippen LogP contribution >= 0.6 is 0 Å². The SMILES string of the molecule is COc1cc(C)nc(NC(=O)CCNS(=O)(=O)c2ncc[nH]2)n1. The number of hydrogen-bond acceptors (Lipinski definition) is 7. The third-order valence-electron chi connectivity index (χ3n) is 2.66. The molecule has 0 bridgehead atoms. The van der Waals surface area contributed by atoms with Crippen LogP contribution in [0.3, 0.4) is 0 Å². The number of methoxy groups -OCH3 is 1. The molecule has 23 heavy (non-hydrogen) atoms. The molecule has 0 saturated heterocycles. The van der Waals surface area contributed by atoms with Crippen molar-refractivity contribution in [3.8, 4) is 5.88 Å². The molecule has 10 nitrogen and oxygen atoms in total. The van der Waals surface area contributed by atoms with E-state index in [1.54, 1.807) is 13.0 Å². The molecule has 2 aromatic heterocycles. The number of carbonyl (C=O) groups excluding carboxylic acids is 1. The number of imidazole rings is 1. The van der Waals surface area contributed by atoms with Gasteiger partial charge in [-0.3, -0.25) is 10.1 Å². The van der Waals surface area contributed by atoms with Crippen molar-refractivity contribution in [2.75, 3.05) is 19.0 Å². The van der Waals surface area contributed by atoms with Crippen LogP contribution in [0.1, 0.15) is 12.1 Å². The number of amides is 1. The van der Waals surface area contributed by atoms with Crippen LogP contribution < -0.4 is 14.8 Å². The normalized spacial score (nSPS) is 11.2. The van der Waals surface area contributed by atoms with E-state index in [-0.39, 0.29) is 24.1 Å². The topological polar surface area (TPSA) is 139 Å². The molecular weight excluding hydrogens is 324 g/mol. The predicted molar refractivity (Wildman–Crippen MR) is 80.3 cm³/mol. The average Bonchev–Trinajstić information content (AvgIpc) is 3.01. The smallest absolute Gasteiger partial charge is 0.274 e. The van der Waals surface area contributed by atoms with E-state index in [0.29, 0.717) is 11.6 Å². The number of hydrogen-bond donors (Lipinski definition) is 3. The number of H-pyrrole nitrogens is 1. The van der Waals surface area contributed by atoms with Gasteiger partial charge in [-0.15, -0.1) is 0 Å². The van der Waals surface area contributed by atoms with Crippen LogP contribution in [0.5, 0.6) is 5.88 Å². The Morgan fingerprint density at radius 3 is 2.83 bits per heavy atom. The highest BCUT2D eigenvalue weighted by molar-refractivity contribution is 7.89. The molecule has 0 atom stereocenters. The molecule has 0 aromatic carbocycles. The lowest BCUT2D eigenvalue weighted by atomic mass is 10.4. The van der Waals surface area contributed by atoms with Gasteiger partial charge in [-0.25, -0.2) is 23.1 Å². The summed E-state index contributed by atoms with van der Waals surface area (Å²) in [5.74, 6) is -0.00754. The first-order chi connectivity index (χ1) is 10.9. The molecule has 0 fully saturated rings. The number of sulfonamides is 1. The minimum absolute atomic E-state index is 0.0838. The van der Waals surface area contributed by atoms with E-state index < -0.39 is 15.9 Å². The van der Waals surface area contributed by atoms with E-state index in [2.05, 4.69) is 30.0 Å². The van der Waals surface area contributed by atoms with Crippen molar-refractivity contribution in [2.45, 2.75) is 18.5 Å². The number of aryl methyl sites for hydroxylation is 1. The van der Waals surface area contributed by atoms with Crippen molar-refractivity contribution in [3.05, 3.63) is 24.2 Å². The lowest BCUT2D eigenvalue weighted by Gasteiger charge is -2.07. The summed E-state index contributed by atoms with van der Waals surface area (Å²) in [6.07, 6.45) is 2.63. The Morgan fingerprint density at radius 1 is 1.39 bits per heavy atom. The van der Waals surface area contributed by atoms with Gasteiger partial charge in [-0.05, 0) is 6.92 Å². The first-order valence-corrected chi connectivity index (χ1v) is 8.07. The van der Waals surface area contributed by atoms with Gasteiger partial charge in [0.1, 0.15) is 0 Å². The van der Waals surface area contributed by atoms with Gasteiger partial charge in [0.15, 0.2) is 0 Å². The van der Waals surface area contributed by atoms with E-state index in [1.807, 2.05) is 0 Å². The van der Waals surface area contributed by atoms with E-state index in [4.69, 9.17) is 4.74 Å². The van der Waals surface area contributed by atoms with Crippen molar-refractivity contribution in [2.24, 2.45) is 0 Å². The third-order valence-corrected chi connectivity index (χ3v) is 3.98. The molecule has 1 amide bonds. The second kappa shape index (κ2) is 7.15. The Hall–Kier alpha value is -2.53. The first-order valence-electron chi connectivity index (χ1n) is 6.59. The molecule has 2 rings (SSSR count). The van der Waals surface area contributed by atoms with Gasteiger partial charge in [0.25, 0.3) is 10.0 Å². The fourth-order valence-electron chi connectivity index (χ4n) is 1.65. The maximum Gasteiger partial charge on any atom is 0.274 e. The van der Waals surface area contributed by atoms with Gasteiger partial charge in [0.2, 0.25) is 22.9 Å². The molecule has 0 aliphatic rings. The Morgan fingerprint density at radius 2 is 2.17 bits per heavy atom. The molecular formula is C12H16N6O4S. The van der Waals surface area contributed by atoms with Crippen molar-refractivity contribution in [1.82, 2.24) is 24.7 Å². The molecule has 0 unspecified atom stereocenters. The molecule has 11 heteroatoms. The van der Waals surface area contributed by atoms with Gasteiger partial charge in [0.05, 0.1) is 7.11 Å². The zero-order chi connectivity index (χ0) is 16.9. The molecule has 3 N–H and O–H groups in total. The zero-order valence-corrected chi connectivity index (χ0v) is 13.3. The van der Waals surface area contributed by atoms with E-state index in [0.717, 1.165) is 0 Å². The summed E-state index contributed by atoms with van der Waals surface area (Å²) in [5, 5.41) is 2.28. The fraction of sp³-hybridized carbons (Fsp3) is 0.333. The minimum atomic E-state index is -3.75. The molecule has 2 aromatic rings. The Balaban J connectivity index is 1.87. The number of rotatable bonds is 7. The third kappa shape index (κ3) is 4.72. The maximum absolute atomic E-state index is 11.8. The second-order valence-electron chi connectivity index (χ2n) is 4.47. The number of aromatic amines is 1. The summed E-state index contributed by atoms with van der Waals surface area (Å²) >= 11 is 0. The summed E-state index contributed by atoms with van der Waals surface area (Å²) in [4.78, 5) is 25.9. The molecule has 124 valence electrons. The lowest BCUT2D eigenvalue weighted by Crippen LogP contribution is -2.28. The first kappa shape index (κ1) is 16.8. The Bertz CT molecular complexity index is 775. The van der Waals surface area contributed by atoms with Gasteiger partial charge in [-0.2, -0.15) is 4.98 Å². The van der Waals surface area contributed by atoms with Gasteiger partial charge >= 0.3 is 0 Å². The Labute approximate surface area is 132 Å². The van der Waals surface area contributed by atoms with Crippen molar-refractivity contribution in [3.63, 3.8) is 0 Å². The van der Waals surface area contributed by atoms with Crippen molar-refractivity contribution >= 4 is 21.9 Å². The second-order valence-corrected chi connectivity index (χ2v) is 6.15. The average molecular weight is 340 g/mol. The van der Waals surface area contributed by atoms with Crippen LogP contribution in [-0.4, -0.2) is 47.9 Å². The van der Waals surface area contributed by atoms with E-state index in [1.165, 1.54) is 19.5 Å². The highest BCUT2D eigenvalue weighted by Crippen LogP contribution is 2.11. The Kier molecular flexibility index (Phi) is 5.24. The van der Waals surface area contributed by atoms with Crippen LogP contribution in [0, 0.1) is 6.92 Å². The molecule has 0 saturated carbocycles. The molecule has 0 spiro atoms. The summed E-state index contributed by atoms with van der Waals surface area (Å²) < 4.78 is 30.8. The summed E-state index contributed by atoms with van der Waals surface area (Å²) in [7, 11) is -2.30. The molecule has 0 aliphatic heterocycles. The van der Waals surface area contributed by atoms with E-state index in [9.17, 15) is 13.2 Å². The van der Waals surface area contributed by atoms with E-state index >= 15 is 0 Å². The summed E-state index contributed by atoms with van der Waals surface area (Å²) in [5.41, 5.74) is 0.630. The van der Waals surface area contributed by atoms with Crippen molar-refractivity contribution in [1.29, 1.82) is 0 Å². The van der Waals surface area contributed by atoms with Gasteiger partial charge < -0.3 is 9.72 Å². The van der Waals surface area contributed by atoms with Crippen molar-refractivity contribution < 1.29 is 17.9 Å². The number of ether oxygens (including phenoxy) is 1. The fourth-order valence-corrected chi connectivity index (χ4v) is 2.58. The molecule has 0 radical (unpaired) electrons. The minimum Gasteiger partial charge on any atom is -0.481 e. The molecule has 2 heterocycles. The number of nitrogens with zero attached hydrogens (tertiary/aromatic N) is 3. The quantitative estimate of drug-likeness (QED) is 0.635. The van der Waals surface area contributed by atoms with Crippen LogP contribution in [0.15, 0.2) is 23.6 Å².